The molecule has 0 fully saturated rings. The standard InChI is InChI=1S/C23H25FN4O2/c1-14(2)27(15(3)4)23(29)30-22-21-19-7-6-17(24)13-16(19)5-8-20(21)28(26-22)18-9-11-25-12-10-18/h6-7,9-15H,5,8H2,1-4H3. The third-order valence-electron chi connectivity index (χ3n) is 5.33. The van der Waals surface area contributed by atoms with E-state index in [4.69, 9.17) is 4.74 Å². The first-order chi connectivity index (χ1) is 14.4. The molecule has 1 amide bonds. The number of carbonyl (C=O) groups excluding carboxylic acids is 1. The van der Waals surface area contributed by atoms with Gasteiger partial charge in [0, 0.05) is 24.5 Å². The van der Waals surface area contributed by atoms with Crippen LogP contribution >= 0.6 is 0 Å². The first kappa shape index (κ1) is 20.1. The smallest absolute Gasteiger partial charge is 0.389 e. The number of fused-ring (bicyclic) bond motifs is 3. The van der Waals surface area contributed by atoms with Crippen molar-refractivity contribution in [3.05, 3.63) is 59.8 Å². The molecule has 0 atom stereocenters. The summed E-state index contributed by atoms with van der Waals surface area (Å²) in [6.07, 6.45) is 4.29. The number of amides is 1. The lowest BCUT2D eigenvalue weighted by Crippen LogP contribution is -2.43. The average Bonchev–Trinajstić information content (AvgIpc) is 3.06. The molecule has 0 radical (unpaired) electrons. The van der Waals surface area contributed by atoms with Crippen molar-refractivity contribution in [1.82, 2.24) is 19.7 Å². The highest BCUT2D eigenvalue weighted by Crippen LogP contribution is 2.41. The first-order valence-electron chi connectivity index (χ1n) is 10.2. The van der Waals surface area contributed by atoms with Gasteiger partial charge >= 0.3 is 6.09 Å². The molecule has 2 heterocycles. The fraction of sp³-hybridized carbons (Fsp3) is 0.348. The predicted molar refractivity (Wildman–Crippen MR) is 112 cm³/mol. The van der Waals surface area contributed by atoms with Crippen LogP contribution in [0.3, 0.4) is 0 Å². The van der Waals surface area contributed by atoms with E-state index in [1.54, 1.807) is 34.1 Å². The third kappa shape index (κ3) is 3.56. The molecule has 6 nitrogen and oxygen atoms in total. The molecule has 0 saturated heterocycles. The second-order valence-corrected chi connectivity index (χ2v) is 8.01. The van der Waals surface area contributed by atoms with Gasteiger partial charge in [-0.1, -0.05) is 6.07 Å². The Balaban J connectivity index is 1.84. The fourth-order valence-electron chi connectivity index (χ4n) is 4.12. The molecule has 1 aliphatic carbocycles. The summed E-state index contributed by atoms with van der Waals surface area (Å²) in [5.41, 5.74) is 4.25. The lowest BCUT2D eigenvalue weighted by atomic mass is 9.89. The molecule has 30 heavy (non-hydrogen) atoms. The Hall–Kier alpha value is -3.22. The SMILES string of the molecule is CC(C)N(C(=O)Oc1nn(-c2ccncc2)c2c1-c1ccc(F)cc1CC2)C(C)C. The van der Waals surface area contributed by atoms with Gasteiger partial charge < -0.3 is 9.64 Å². The van der Waals surface area contributed by atoms with Gasteiger partial charge in [0.05, 0.1) is 16.9 Å². The lowest BCUT2D eigenvalue weighted by molar-refractivity contribution is 0.121. The lowest BCUT2D eigenvalue weighted by Gasteiger charge is -2.29. The number of benzene rings is 1. The number of rotatable bonds is 4. The quantitative estimate of drug-likeness (QED) is 0.623. The number of nitrogens with zero attached hydrogens (tertiary/aromatic N) is 4. The molecule has 0 saturated carbocycles. The van der Waals surface area contributed by atoms with Gasteiger partial charge in [-0.3, -0.25) is 4.98 Å². The van der Waals surface area contributed by atoms with Gasteiger partial charge in [0.15, 0.2) is 0 Å². The number of halogens is 1. The van der Waals surface area contributed by atoms with Crippen molar-refractivity contribution >= 4 is 6.09 Å². The highest BCUT2D eigenvalue weighted by atomic mass is 19.1. The van der Waals surface area contributed by atoms with E-state index in [9.17, 15) is 9.18 Å². The Bertz CT molecular complexity index is 1070. The zero-order chi connectivity index (χ0) is 21.4. The summed E-state index contributed by atoms with van der Waals surface area (Å²) in [5.74, 6) is -0.0336. The Kier molecular flexibility index (Phi) is 5.28. The summed E-state index contributed by atoms with van der Waals surface area (Å²) in [4.78, 5) is 18.7. The van der Waals surface area contributed by atoms with Gasteiger partial charge in [0.1, 0.15) is 5.82 Å². The van der Waals surface area contributed by atoms with E-state index in [-0.39, 0.29) is 23.8 Å². The summed E-state index contributed by atoms with van der Waals surface area (Å²) in [6.45, 7) is 7.80. The topological polar surface area (TPSA) is 60.3 Å². The van der Waals surface area contributed by atoms with E-state index in [1.165, 1.54) is 6.07 Å². The number of aromatic nitrogens is 3. The van der Waals surface area contributed by atoms with Crippen molar-refractivity contribution in [2.24, 2.45) is 0 Å². The summed E-state index contributed by atoms with van der Waals surface area (Å²) in [7, 11) is 0. The van der Waals surface area contributed by atoms with Gasteiger partial charge in [-0.15, -0.1) is 5.10 Å². The van der Waals surface area contributed by atoms with Crippen LogP contribution in [-0.4, -0.2) is 37.8 Å². The van der Waals surface area contributed by atoms with Crippen LogP contribution in [-0.2, 0) is 12.8 Å². The third-order valence-corrected chi connectivity index (χ3v) is 5.33. The molecule has 2 aromatic heterocycles. The van der Waals surface area contributed by atoms with Crippen LogP contribution in [0.25, 0.3) is 16.8 Å². The van der Waals surface area contributed by atoms with E-state index in [0.29, 0.717) is 12.8 Å². The molecule has 0 bridgehead atoms. The van der Waals surface area contributed by atoms with Gasteiger partial charge in [-0.2, -0.15) is 0 Å². The van der Waals surface area contributed by atoms with Crippen LogP contribution in [0.15, 0.2) is 42.7 Å². The van der Waals surface area contributed by atoms with E-state index in [1.807, 2.05) is 39.8 Å². The van der Waals surface area contributed by atoms with Crippen LogP contribution < -0.4 is 4.74 Å². The molecular formula is C23H25FN4O2. The molecule has 156 valence electrons. The number of hydrogen-bond acceptors (Lipinski definition) is 4. The van der Waals surface area contributed by atoms with Crippen LogP contribution in [0.2, 0.25) is 0 Å². The molecule has 0 unspecified atom stereocenters. The van der Waals surface area contributed by atoms with Gasteiger partial charge in [-0.25, -0.2) is 13.9 Å². The van der Waals surface area contributed by atoms with Crippen molar-refractivity contribution in [3.8, 4) is 22.7 Å². The van der Waals surface area contributed by atoms with E-state index < -0.39 is 6.09 Å². The number of pyridine rings is 1. The molecule has 0 aliphatic heterocycles. The Morgan fingerprint density at radius 1 is 1.10 bits per heavy atom. The van der Waals surface area contributed by atoms with E-state index in [2.05, 4.69) is 10.1 Å². The minimum atomic E-state index is -0.448. The first-order valence-corrected chi connectivity index (χ1v) is 10.2. The molecule has 7 heteroatoms. The summed E-state index contributed by atoms with van der Waals surface area (Å²) in [5, 5.41) is 4.65. The fourth-order valence-corrected chi connectivity index (χ4v) is 4.12. The summed E-state index contributed by atoms with van der Waals surface area (Å²) in [6, 6.07) is 8.39. The van der Waals surface area contributed by atoms with Crippen molar-refractivity contribution < 1.29 is 13.9 Å². The van der Waals surface area contributed by atoms with Crippen molar-refractivity contribution in [2.75, 3.05) is 0 Å². The van der Waals surface area contributed by atoms with Crippen molar-refractivity contribution in [1.29, 1.82) is 0 Å². The zero-order valence-corrected chi connectivity index (χ0v) is 17.6. The maximum Gasteiger partial charge on any atom is 0.417 e. The minimum absolute atomic E-state index is 0.0167. The highest BCUT2D eigenvalue weighted by molar-refractivity contribution is 5.80. The Labute approximate surface area is 175 Å². The maximum atomic E-state index is 13.8. The van der Waals surface area contributed by atoms with Crippen LogP contribution in [0.5, 0.6) is 5.88 Å². The van der Waals surface area contributed by atoms with Gasteiger partial charge in [0.2, 0.25) is 0 Å². The van der Waals surface area contributed by atoms with Gasteiger partial charge in [-0.05, 0) is 75.9 Å². The number of hydrogen-bond donors (Lipinski definition) is 0. The van der Waals surface area contributed by atoms with Crippen LogP contribution in [0, 0.1) is 5.82 Å². The van der Waals surface area contributed by atoms with Crippen molar-refractivity contribution in [2.45, 2.75) is 52.6 Å². The predicted octanol–water partition coefficient (Wildman–Crippen LogP) is 4.79. The Morgan fingerprint density at radius 2 is 1.80 bits per heavy atom. The second kappa shape index (κ2) is 7.89. The van der Waals surface area contributed by atoms with E-state index in [0.717, 1.165) is 28.1 Å². The summed E-state index contributed by atoms with van der Waals surface area (Å²) >= 11 is 0. The van der Waals surface area contributed by atoms with Crippen molar-refractivity contribution in [3.63, 3.8) is 0 Å². The molecule has 3 aromatic rings. The molecular weight excluding hydrogens is 383 g/mol. The normalized spacial score (nSPS) is 12.6. The number of carbonyl (C=O) groups is 1. The molecule has 0 N–H and O–H groups in total. The van der Waals surface area contributed by atoms with Crippen LogP contribution in [0.1, 0.15) is 39.0 Å². The van der Waals surface area contributed by atoms with E-state index >= 15 is 0 Å². The van der Waals surface area contributed by atoms with Crippen LogP contribution in [0.4, 0.5) is 9.18 Å². The molecule has 0 spiro atoms. The maximum absolute atomic E-state index is 13.8. The average molecular weight is 408 g/mol. The summed E-state index contributed by atoms with van der Waals surface area (Å²) < 4.78 is 21.4. The monoisotopic (exact) mass is 408 g/mol. The zero-order valence-electron chi connectivity index (χ0n) is 17.6. The van der Waals surface area contributed by atoms with Gasteiger partial charge in [0.25, 0.3) is 5.88 Å². The number of ether oxygens (including phenoxy) is 1. The Morgan fingerprint density at radius 3 is 2.47 bits per heavy atom. The molecule has 1 aromatic carbocycles. The molecule has 4 rings (SSSR count). The largest absolute Gasteiger partial charge is 0.417 e. The minimum Gasteiger partial charge on any atom is -0.389 e. The molecule has 1 aliphatic rings. The highest BCUT2D eigenvalue weighted by Gasteiger charge is 2.30. The number of aryl methyl sites for hydroxylation is 1. The second-order valence-electron chi connectivity index (χ2n) is 8.01.